The lowest BCUT2D eigenvalue weighted by Gasteiger charge is -2.22. The minimum Gasteiger partial charge on any atom is -0.507 e. The Bertz CT molecular complexity index is 1010. The summed E-state index contributed by atoms with van der Waals surface area (Å²) in [6, 6.07) is 11.6. The highest BCUT2D eigenvalue weighted by atomic mass is 79.9. The monoisotopic (exact) mass is 476 g/mol. The number of rotatable bonds is 4. The first-order valence-electron chi connectivity index (χ1n) is 8.39. The van der Waals surface area contributed by atoms with E-state index in [9.17, 15) is 14.7 Å². The molecule has 0 spiro atoms. The molecule has 2 N–H and O–H groups in total. The van der Waals surface area contributed by atoms with Crippen LogP contribution in [0, 0.1) is 6.92 Å². The van der Waals surface area contributed by atoms with Gasteiger partial charge in [0.15, 0.2) is 0 Å². The number of nitrogens with zero attached hydrogens (tertiary/aromatic N) is 1. The number of nitrogens with one attached hydrogen (secondary N) is 1. The summed E-state index contributed by atoms with van der Waals surface area (Å²) in [6.45, 7) is 3.57. The fourth-order valence-electron chi connectivity index (χ4n) is 2.68. The van der Waals surface area contributed by atoms with Gasteiger partial charge in [0.2, 0.25) is 5.91 Å². The van der Waals surface area contributed by atoms with Crippen LogP contribution in [-0.4, -0.2) is 32.2 Å². The molecule has 1 unspecified atom stereocenters. The fraction of sp³-hybridized carbons (Fsp3) is 0.150. The SMILES string of the molecule is Cc1cccc(NC(=O)C(C)N2C(=O)/C(=C/c3cc(Br)ccc3O)SC2=S)c1. The molecule has 28 heavy (non-hydrogen) atoms. The van der Waals surface area contributed by atoms with Gasteiger partial charge in [0.1, 0.15) is 16.1 Å². The van der Waals surface area contributed by atoms with E-state index in [-0.39, 0.29) is 17.6 Å². The van der Waals surface area contributed by atoms with Gasteiger partial charge in [-0.1, -0.05) is 52.0 Å². The van der Waals surface area contributed by atoms with E-state index in [1.54, 1.807) is 31.2 Å². The molecule has 0 radical (unpaired) electrons. The first-order chi connectivity index (χ1) is 13.3. The minimum atomic E-state index is -0.769. The van der Waals surface area contributed by atoms with E-state index < -0.39 is 6.04 Å². The molecule has 2 aromatic rings. The number of phenols is 1. The molecule has 1 saturated heterocycles. The summed E-state index contributed by atoms with van der Waals surface area (Å²) in [4.78, 5) is 27.1. The number of benzene rings is 2. The Hall–Kier alpha value is -2.16. The largest absolute Gasteiger partial charge is 0.507 e. The van der Waals surface area contributed by atoms with Gasteiger partial charge in [-0.15, -0.1) is 0 Å². The van der Waals surface area contributed by atoms with E-state index in [4.69, 9.17) is 12.2 Å². The molecular formula is C20H17BrN2O3S2. The highest BCUT2D eigenvalue weighted by Gasteiger charge is 2.38. The Morgan fingerprint density at radius 1 is 1.32 bits per heavy atom. The Morgan fingerprint density at radius 3 is 2.79 bits per heavy atom. The standard InChI is InChI=1S/C20H17BrN2O3S2/c1-11-4-3-5-15(8-11)22-18(25)12(2)23-19(26)17(28-20(23)27)10-13-9-14(21)6-7-16(13)24/h3-10,12,24H,1-2H3,(H,22,25)/b17-10-. The molecule has 1 fully saturated rings. The van der Waals surface area contributed by atoms with Crippen molar-refractivity contribution in [1.82, 2.24) is 4.90 Å². The van der Waals surface area contributed by atoms with Gasteiger partial charge in [-0.3, -0.25) is 14.5 Å². The Morgan fingerprint density at radius 2 is 2.07 bits per heavy atom. The number of thioether (sulfide) groups is 1. The zero-order valence-electron chi connectivity index (χ0n) is 15.1. The van der Waals surface area contributed by atoms with E-state index in [0.29, 0.717) is 20.5 Å². The molecule has 144 valence electrons. The Kier molecular flexibility index (Phi) is 6.22. The van der Waals surface area contributed by atoms with Gasteiger partial charge in [0.25, 0.3) is 5.91 Å². The van der Waals surface area contributed by atoms with Crippen molar-refractivity contribution in [2.75, 3.05) is 5.32 Å². The van der Waals surface area contributed by atoms with Gasteiger partial charge in [-0.2, -0.15) is 0 Å². The normalized spacial score (nSPS) is 16.5. The van der Waals surface area contributed by atoms with E-state index in [1.165, 1.54) is 11.0 Å². The quantitative estimate of drug-likeness (QED) is 0.494. The molecule has 2 aromatic carbocycles. The summed E-state index contributed by atoms with van der Waals surface area (Å²) in [7, 11) is 0. The average Bonchev–Trinajstić information content (AvgIpc) is 2.91. The lowest BCUT2D eigenvalue weighted by atomic mass is 10.1. The van der Waals surface area contributed by atoms with Crippen molar-refractivity contribution in [2.24, 2.45) is 0 Å². The molecule has 0 bridgehead atoms. The van der Waals surface area contributed by atoms with Crippen molar-refractivity contribution in [3.8, 4) is 5.75 Å². The predicted molar refractivity (Wildman–Crippen MR) is 120 cm³/mol. The smallest absolute Gasteiger partial charge is 0.266 e. The third-order valence-corrected chi connectivity index (χ3v) is 5.98. The number of carbonyl (C=O) groups is 2. The van der Waals surface area contributed by atoms with E-state index in [0.717, 1.165) is 21.8 Å². The molecule has 2 amide bonds. The summed E-state index contributed by atoms with van der Waals surface area (Å²) in [5.41, 5.74) is 2.18. The zero-order valence-corrected chi connectivity index (χ0v) is 18.3. The molecule has 1 aliphatic rings. The highest BCUT2D eigenvalue weighted by Crippen LogP contribution is 2.36. The van der Waals surface area contributed by atoms with Crippen LogP contribution in [0.2, 0.25) is 0 Å². The van der Waals surface area contributed by atoms with Crippen molar-refractivity contribution in [3.63, 3.8) is 0 Å². The number of thiocarbonyl (C=S) groups is 1. The number of anilines is 1. The van der Waals surface area contributed by atoms with Crippen LogP contribution in [0.1, 0.15) is 18.1 Å². The first-order valence-corrected chi connectivity index (χ1v) is 10.4. The lowest BCUT2D eigenvalue weighted by molar-refractivity contribution is -0.129. The third kappa shape index (κ3) is 4.45. The second-order valence-corrected chi connectivity index (χ2v) is 8.88. The van der Waals surface area contributed by atoms with Crippen LogP contribution >= 0.6 is 39.9 Å². The summed E-state index contributed by atoms with van der Waals surface area (Å²) >= 11 is 9.78. The molecular weight excluding hydrogens is 460 g/mol. The molecule has 1 atom stereocenters. The number of amides is 2. The van der Waals surface area contributed by atoms with Crippen LogP contribution in [0.5, 0.6) is 5.75 Å². The number of halogens is 1. The molecule has 1 heterocycles. The van der Waals surface area contributed by atoms with E-state index in [2.05, 4.69) is 21.2 Å². The molecule has 0 aromatic heterocycles. The van der Waals surface area contributed by atoms with Gasteiger partial charge in [0, 0.05) is 15.7 Å². The number of carbonyl (C=O) groups excluding carboxylic acids is 2. The highest BCUT2D eigenvalue weighted by molar-refractivity contribution is 9.10. The van der Waals surface area contributed by atoms with Crippen molar-refractivity contribution >= 4 is 67.8 Å². The van der Waals surface area contributed by atoms with Crippen molar-refractivity contribution in [3.05, 3.63) is 63.0 Å². The van der Waals surface area contributed by atoms with Crippen molar-refractivity contribution in [1.29, 1.82) is 0 Å². The van der Waals surface area contributed by atoms with Crippen LogP contribution < -0.4 is 5.32 Å². The second kappa shape index (κ2) is 8.46. The summed E-state index contributed by atoms with van der Waals surface area (Å²) in [5.74, 6) is -0.631. The van der Waals surface area contributed by atoms with Gasteiger partial charge < -0.3 is 10.4 Å². The molecule has 0 saturated carbocycles. The van der Waals surface area contributed by atoms with Gasteiger partial charge in [-0.05, 0) is 55.8 Å². The average molecular weight is 477 g/mol. The van der Waals surface area contributed by atoms with Crippen LogP contribution in [0.25, 0.3) is 6.08 Å². The zero-order chi connectivity index (χ0) is 20.4. The maximum absolute atomic E-state index is 12.8. The minimum absolute atomic E-state index is 0.0544. The summed E-state index contributed by atoms with van der Waals surface area (Å²) in [6.07, 6.45) is 1.57. The van der Waals surface area contributed by atoms with Crippen LogP contribution in [0.15, 0.2) is 51.8 Å². The van der Waals surface area contributed by atoms with E-state index in [1.807, 2.05) is 25.1 Å². The third-order valence-electron chi connectivity index (χ3n) is 4.15. The predicted octanol–water partition coefficient (Wildman–Crippen LogP) is 4.69. The molecule has 0 aliphatic carbocycles. The van der Waals surface area contributed by atoms with Crippen molar-refractivity contribution < 1.29 is 14.7 Å². The number of aryl methyl sites for hydroxylation is 1. The van der Waals surface area contributed by atoms with Crippen LogP contribution in [0.3, 0.4) is 0 Å². The van der Waals surface area contributed by atoms with Crippen LogP contribution in [-0.2, 0) is 9.59 Å². The fourth-order valence-corrected chi connectivity index (χ4v) is 4.47. The topological polar surface area (TPSA) is 69.6 Å². The number of hydrogen-bond donors (Lipinski definition) is 2. The van der Waals surface area contributed by atoms with E-state index >= 15 is 0 Å². The van der Waals surface area contributed by atoms with Gasteiger partial charge in [0.05, 0.1) is 4.91 Å². The Labute approximate surface area is 180 Å². The maximum Gasteiger partial charge on any atom is 0.266 e. The van der Waals surface area contributed by atoms with Crippen LogP contribution in [0.4, 0.5) is 5.69 Å². The number of aromatic hydroxyl groups is 1. The maximum atomic E-state index is 12.8. The number of phenolic OH excluding ortho intramolecular Hbond substituents is 1. The Balaban J connectivity index is 1.80. The van der Waals surface area contributed by atoms with Gasteiger partial charge in [-0.25, -0.2) is 0 Å². The molecule has 5 nitrogen and oxygen atoms in total. The van der Waals surface area contributed by atoms with Gasteiger partial charge >= 0.3 is 0 Å². The number of hydrogen-bond acceptors (Lipinski definition) is 5. The molecule has 8 heteroatoms. The molecule has 1 aliphatic heterocycles. The lowest BCUT2D eigenvalue weighted by Crippen LogP contribution is -2.44. The summed E-state index contributed by atoms with van der Waals surface area (Å²) < 4.78 is 1.08. The first kappa shape index (κ1) is 20.6. The van der Waals surface area contributed by atoms with Crippen molar-refractivity contribution in [2.45, 2.75) is 19.9 Å². The summed E-state index contributed by atoms with van der Waals surface area (Å²) in [5, 5.41) is 12.8. The second-order valence-electron chi connectivity index (χ2n) is 6.29. The molecule has 3 rings (SSSR count).